The molecule has 21 heavy (non-hydrogen) atoms. The van der Waals surface area contributed by atoms with Gasteiger partial charge in [-0.05, 0) is 50.3 Å². The zero-order valence-corrected chi connectivity index (χ0v) is 13.5. The Morgan fingerprint density at radius 2 is 1.48 bits per heavy atom. The summed E-state index contributed by atoms with van der Waals surface area (Å²) in [6.45, 7) is 3.38. The highest BCUT2D eigenvalue weighted by atomic mass is 16.5. The minimum absolute atomic E-state index is 0.0117. The Bertz CT molecular complexity index is 548. The van der Waals surface area contributed by atoms with Gasteiger partial charge in [0.05, 0.1) is 7.11 Å². The molecule has 0 spiro atoms. The lowest BCUT2D eigenvalue weighted by Crippen LogP contribution is -2.29. The first-order valence-corrected chi connectivity index (χ1v) is 7.41. The molecule has 0 N–H and O–H groups in total. The van der Waals surface area contributed by atoms with E-state index >= 15 is 0 Å². The van der Waals surface area contributed by atoms with Crippen molar-refractivity contribution in [2.24, 2.45) is 0 Å². The quantitative estimate of drug-likeness (QED) is 0.796. The second-order valence-corrected chi connectivity index (χ2v) is 5.98. The van der Waals surface area contributed by atoms with Crippen LogP contribution in [0.4, 0.5) is 0 Å². The van der Waals surface area contributed by atoms with Crippen LogP contribution in [0.5, 0.6) is 5.75 Å². The minimum atomic E-state index is 0.0117. The molecule has 0 aliphatic carbocycles. The highest BCUT2D eigenvalue weighted by Gasteiger charge is 2.28. The van der Waals surface area contributed by atoms with Crippen LogP contribution < -0.4 is 4.74 Å². The Hall–Kier alpha value is -1.80. The van der Waals surface area contributed by atoms with Gasteiger partial charge < -0.3 is 9.64 Å². The van der Waals surface area contributed by atoms with Gasteiger partial charge in [-0.3, -0.25) is 0 Å². The molecule has 1 unspecified atom stereocenters. The Morgan fingerprint density at radius 3 is 2.00 bits per heavy atom. The van der Waals surface area contributed by atoms with Gasteiger partial charge in [0.25, 0.3) is 0 Å². The predicted molar refractivity (Wildman–Crippen MR) is 89.1 cm³/mol. The van der Waals surface area contributed by atoms with Gasteiger partial charge in [0.15, 0.2) is 0 Å². The molecule has 0 aliphatic heterocycles. The average Bonchev–Trinajstić information content (AvgIpc) is 2.53. The average molecular weight is 283 g/mol. The lowest BCUT2D eigenvalue weighted by molar-refractivity contribution is 0.354. The molecular weight excluding hydrogens is 258 g/mol. The maximum atomic E-state index is 5.28. The first kappa shape index (κ1) is 15.6. The van der Waals surface area contributed by atoms with Crippen LogP contribution in [-0.4, -0.2) is 32.6 Å². The highest BCUT2D eigenvalue weighted by molar-refractivity contribution is 5.40. The Labute approximate surface area is 128 Å². The Morgan fingerprint density at radius 1 is 0.905 bits per heavy atom. The van der Waals surface area contributed by atoms with E-state index in [0.717, 1.165) is 18.7 Å². The fraction of sp³-hybridized carbons (Fsp3) is 0.368. The third-order valence-corrected chi connectivity index (χ3v) is 4.20. The number of ether oxygens (including phenoxy) is 1. The van der Waals surface area contributed by atoms with Gasteiger partial charge in [0.1, 0.15) is 5.75 Å². The Kier molecular flexibility index (Phi) is 5.03. The molecule has 0 saturated heterocycles. The summed E-state index contributed by atoms with van der Waals surface area (Å²) >= 11 is 0. The van der Waals surface area contributed by atoms with Crippen molar-refractivity contribution in [3.05, 3.63) is 65.7 Å². The van der Waals surface area contributed by atoms with Crippen LogP contribution in [0.2, 0.25) is 0 Å². The number of hydrogen-bond acceptors (Lipinski definition) is 2. The lowest BCUT2D eigenvalue weighted by atomic mass is 9.73. The van der Waals surface area contributed by atoms with Crippen molar-refractivity contribution < 1.29 is 4.74 Å². The maximum absolute atomic E-state index is 5.28. The van der Waals surface area contributed by atoms with E-state index < -0.39 is 0 Å². The molecule has 0 radical (unpaired) electrons. The number of nitrogens with zero attached hydrogens (tertiary/aromatic N) is 1. The largest absolute Gasteiger partial charge is 0.497 e. The molecule has 0 aliphatic rings. The van der Waals surface area contributed by atoms with Crippen molar-refractivity contribution in [2.75, 3.05) is 27.7 Å². The summed E-state index contributed by atoms with van der Waals surface area (Å²) in [5.74, 6) is 0.904. The summed E-state index contributed by atoms with van der Waals surface area (Å²) in [4.78, 5) is 2.24. The summed E-state index contributed by atoms with van der Waals surface area (Å²) in [6, 6.07) is 19.2. The van der Waals surface area contributed by atoms with Crippen molar-refractivity contribution >= 4 is 0 Å². The third kappa shape index (κ3) is 3.64. The smallest absolute Gasteiger partial charge is 0.118 e. The molecule has 0 amide bonds. The van der Waals surface area contributed by atoms with Crippen molar-refractivity contribution in [2.45, 2.75) is 18.8 Å². The third-order valence-electron chi connectivity index (χ3n) is 4.20. The lowest BCUT2D eigenvalue weighted by Gasteiger charge is -2.32. The summed E-state index contributed by atoms with van der Waals surface area (Å²) < 4.78 is 5.28. The molecule has 0 fully saturated rings. The number of methoxy groups -OCH3 is 1. The van der Waals surface area contributed by atoms with E-state index in [2.05, 4.69) is 68.4 Å². The minimum Gasteiger partial charge on any atom is -0.497 e. The maximum Gasteiger partial charge on any atom is 0.118 e. The fourth-order valence-electron chi connectivity index (χ4n) is 2.67. The topological polar surface area (TPSA) is 12.5 Å². The van der Waals surface area contributed by atoms with E-state index in [9.17, 15) is 0 Å². The van der Waals surface area contributed by atoms with Gasteiger partial charge in [-0.15, -0.1) is 0 Å². The molecule has 112 valence electrons. The normalized spacial score (nSPS) is 14.0. The SMILES string of the molecule is COc1ccc(C(C)(CCN(C)C)c2ccccc2)cc1. The second-order valence-electron chi connectivity index (χ2n) is 5.98. The van der Waals surface area contributed by atoms with Crippen LogP contribution in [0, 0.1) is 0 Å². The van der Waals surface area contributed by atoms with Gasteiger partial charge in [-0.2, -0.15) is 0 Å². The van der Waals surface area contributed by atoms with E-state index in [1.54, 1.807) is 7.11 Å². The van der Waals surface area contributed by atoms with Crippen molar-refractivity contribution in [3.63, 3.8) is 0 Å². The van der Waals surface area contributed by atoms with E-state index in [4.69, 9.17) is 4.74 Å². The second kappa shape index (κ2) is 6.77. The molecule has 2 heteroatoms. The monoisotopic (exact) mass is 283 g/mol. The molecule has 0 saturated carbocycles. The van der Waals surface area contributed by atoms with Crippen LogP contribution in [0.1, 0.15) is 24.5 Å². The molecule has 2 nitrogen and oxygen atoms in total. The summed E-state index contributed by atoms with van der Waals surface area (Å²) in [7, 11) is 5.95. The van der Waals surface area contributed by atoms with E-state index in [0.29, 0.717) is 0 Å². The predicted octanol–water partition coefficient (Wildman–Crippen LogP) is 3.95. The van der Waals surface area contributed by atoms with E-state index in [1.165, 1.54) is 11.1 Å². The van der Waals surface area contributed by atoms with Crippen molar-refractivity contribution in [3.8, 4) is 5.75 Å². The molecule has 0 heterocycles. The first-order valence-electron chi connectivity index (χ1n) is 7.41. The zero-order valence-electron chi connectivity index (χ0n) is 13.5. The molecule has 2 aromatic carbocycles. The fourth-order valence-corrected chi connectivity index (χ4v) is 2.67. The van der Waals surface area contributed by atoms with Crippen LogP contribution in [-0.2, 0) is 5.41 Å². The first-order chi connectivity index (χ1) is 10.1. The highest BCUT2D eigenvalue weighted by Crippen LogP contribution is 2.36. The van der Waals surface area contributed by atoms with E-state index in [-0.39, 0.29) is 5.41 Å². The van der Waals surface area contributed by atoms with Gasteiger partial charge in [-0.25, -0.2) is 0 Å². The molecular formula is C19H25NO. The van der Waals surface area contributed by atoms with E-state index in [1.807, 2.05) is 12.1 Å². The van der Waals surface area contributed by atoms with Crippen LogP contribution >= 0.6 is 0 Å². The van der Waals surface area contributed by atoms with Crippen LogP contribution in [0.3, 0.4) is 0 Å². The van der Waals surface area contributed by atoms with Gasteiger partial charge in [0.2, 0.25) is 0 Å². The van der Waals surface area contributed by atoms with Crippen LogP contribution in [0.15, 0.2) is 54.6 Å². The standard InChI is InChI=1S/C19H25NO/c1-19(14-15-20(2)3,16-8-6-5-7-9-16)17-10-12-18(21-4)13-11-17/h5-13H,14-15H2,1-4H3. The van der Waals surface area contributed by atoms with Crippen LogP contribution in [0.25, 0.3) is 0 Å². The van der Waals surface area contributed by atoms with Gasteiger partial charge in [-0.1, -0.05) is 49.4 Å². The molecule has 0 aromatic heterocycles. The van der Waals surface area contributed by atoms with Crippen molar-refractivity contribution in [1.29, 1.82) is 0 Å². The Balaban J connectivity index is 2.39. The number of benzene rings is 2. The number of hydrogen-bond donors (Lipinski definition) is 0. The molecule has 0 bridgehead atoms. The molecule has 1 atom stereocenters. The molecule has 2 aromatic rings. The zero-order chi connectivity index (χ0) is 15.3. The number of rotatable bonds is 6. The summed E-state index contributed by atoms with van der Waals surface area (Å²) in [5.41, 5.74) is 2.70. The summed E-state index contributed by atoms with van der Waals surface area (Å²) in [5, 5.41) is 0. The molecule has 2 rings (SSSR count). The van der Waals surface area contributed by atoms with Crippen molar-refractivity contribution in [1.82, 2.24) is 4.90 Å². The summed E-state index contributed by atoms with van der Waals surface area (Å²) in [6.07, 6.45) is 1.08. The van der Waals surface area contributed by atoms with Gasteiger partial charge in [0, 0.05) is 5.41 Å². The van der Waals surface area contributed by atoms with Gasteiger partial charge >= 0.3 is 0 Å².